The number of amides is 1. The minimum atomic E-state index is -0.0139. The first-order chi connectivity index (χ1) is 13.1. The highest BCUT2D eigenvalue weighted by Gasteiger charge is 2.16. The average Bonchev–Trinajstić information content (AvgIpc) is 3.16. The Morgan fingerprint density at radius 1 is 1.19 bits per heavy atom. The molecule has 27 heavy (non-hydrogen) atoms. The van der Waals surface area contributed by atoms with Crippen molar-refractivity contribution in [1.29, 1.82) is 0 Å². The van der Waals surface area contributed by atoms with Crippen molar-refractivity contribution in [3.05, 3.63) is 58.6 Å². The van der Waals surface area contributed by atoms with Gasteiger partial charge in [0.1, 0.15) is 5.75 Å². The molecule has 140 valence electrons. The number of methoxy groups -OCH3 is 1. The van der Waals surface area contributed by atoms with Gasteiger partial charge in [-0.15, -0.1) is 10.2 Å². The third-order valence-electron chi connectivity index (χ3n) is 3.82. The van der Waals surface area contributed by atoms with E-state index in [2.05, 4.69) is 26.1 Å². The molecule has 0 radical (unpaired) electrons. The molecule has 1 aromatic heterocycles. The Bertz CT molecular complexity index is 915. The molecular formula is C19H18BrN3O3S. The van der Waals surface area contributed by atoms with Gasteiger partial charge in [0, 0.05) is 18.1 Å². The monoisotopic (exact) mass is 447 g/mol. The number of rotatable bonds is 7. The molecule has 0 atom stereocenters. The number of benzene rings is 2. The Labute approximate surface area is 170 Å². The summed E-state index contributed by atoms with van der Waals surface area (Å²) in [6.07, 6.45) is 0. The Kier molecular flexibility index (Phi) is 6.52. The molecular weight excluding hydrogens is 430 g/mol. The molecule has 0 fully saturated rings. The lowest BCUT2D eigenvalue weighted by molar-refractivity contribution is -0.127. The molecule has 3 rings (SSSR count). The van der Waals surface area contributed by atoms with Gasteiger partial charge < -0.3 is 14.1 Å². The Morgan fingerprint density at radius 2 is 1.93 bits per heavy atom. The second kappa shape index (κ2) is 9.05. The van der Waals surface area contributed by atoms with E-state index in [1.165, 1.54) is 11.8 Å². The number of aromatic nitrogens is 2. The lowest BCUT2D eigenvalue weighted by Crippen LogP contribution is -2.27. The van der Waals surface area contributed by atoms with Crippen molar-refractivity contribution in [2.45, 2.75) is 11.8 Å². The molecule has 0 aliphatic rings. The largest absolute Gasteiger partial charge is 0.496 e. The standard InChI is InChI=1S/C19H18BrN3O3S/c1-23(11-13-7-9-14(20)10-8-13)17(24)12-27-19-22-21-18(26-19)15-5-3-4-6-16(15)25-2/h3-10H,11-12H2,1-2H3. The van der Waals surface area contributed by atoms with Crippen LogP contribution in [0.2, 0.25) is 0 Å². The van der Waals surface area contributed by atoms with Crippen LogP contribution in [-0.4, -0.2) is 40.9 Å². The zero-order chi connectivity index (χ0) is 19.2. The number of carbonyl (C=O) groups excluding carboxylic acids is 1. The van der Waals surface area contributed by atoms with Crippen LogP contribution in [0.5, 0.6) is 5.75 Å². The van der Waals surface area contributed by atoms with Crippen molar-refractivity contribution in [2.75, 3.05) is 19.9 Å². The SMILES string of the molecule is COc1ccccc1-c1nnc(SCC(=O)N(C)Cc2ccc(Br)cc2)o1. The summed E-state index contributed by atoms with van der Waals surface area (Å²) in [6, 6.07) is 15.3. The van der Waals surface area contributed by atoms with Crippen LogP contribution < -0.4 is 4.74 Å². The van der Waals surface area contributed by atoms with E-state index in [0.29, 0.717) is 23.4 Å². The van der Waals surface area contributed by atoms with Crippen molar-refractivity contribution in [2.24, 2.45) is 0 Å². The molecule has 1 heterocycles. The normalized spacial score (nSPS) is 10.6. The molecule has 0 bridgehead atoms. The van der Waals surface area contributed by atoms with E-state index in [-0.39, 0.29) is 11.7 Å². The second-order valence-corrected chi connectivity index (χ2v) is 7.58. The molecule has 3 aromatic rings. The summed E-state index contributed by atoms with van der Waals surface area (Å²) in [7, 11) is 3.36. The summed E-state index contributed by atoms with van der Waals surface area (Å²) in [5.74, 6) is 1.23. The molecule has 0 saturated heterocycles. The Hall–Kier alpha value is -2.32. The van der Waals surface area contributed by atoms with E-state index in [9.17, 15) is 4.79 Å². The molecule has 0 N–H and O–H groups in total. The van der Waals surface area contributed by atoms with E-state index in [1.807, 2.05) is 48.5 Å². The maximum Gasteiger partial charge on any atom is 0.277 e. The number of halogens is 1. The van der Waals surface area contributed by atoms with Gasteiger partial charge in [-0.05, 0) is 29.8 Å². The van der Waals surface area contributed by atoms with Crippen LogP contribution in [0.1, 0.15) is 5.56 Å². The lowest BCUT2D eigenvalue weighted by atomic mass is 10.2. The van der Waals surface area contributed by atoms with Crippen molar-refractivity contribution in [1.82, 2.24) is 15.1 Å². The average molecular weight is 448 g/mol. The highest BCUT2D eigenvalue weighted by atomic mass is 79.9. The number of nitrogens with zero attached hydrogens (tertiary/aromatic N) is 3. The van der Waals surface area contributed by atoms with Gasteiger partial charge in [-0.25, -0.2) is 0 Å². The molecule has 8 heteroatoms. The quantitative estimate of drug-likeness (QED) is 0.504. The molecule has 6 nitrogen and oxygen atoms in total. The molecule has 0 aliphatic heterocycles. The number of hydrogen-bond acceptors (Lipinski definition) is 6. The molecule has 0 unspecified atom stereocenters. The van der Waals surface area contributed by atoms with Crippen molar-refractivity contribution in [3.8, 4) is 17.2 Å². The molecule has 0 aliphatic carbocycles. The first kappa shape index (κ1) is 19.4. The molecule has 0 saturated carbocycles. The van der Waals surface area contributed by atoms with Gasteiger partial charge in [0.25, 0.3) is 11.1 Å². The molecule has 0 spiro atoms. The summed E-state index contributed by atoms with van der Waals surface area (Å²) in [5, 5.41) is 8.40. The van der Waals surface area contributed by atoms with Crippen LogP contribution in [0.25, 0.3) is 11.5 Å². The predicted octanol–water partition coefficient (Wildman–Crippen LogP) is 4.26. The first-order valence-electron chi connectivity index (χ1n) is 8.15. The molecule has 2 aromatic carbocycles. The van der Waals surface area contributed by atoms with E-state index in [4.69, 9.17) is 9.15 Å². The van der Waals surface area contributed by atoms with Crippen LogP contribution in [0, 0.1) is 0 Å². The van der Waals surface area contributed by atoms with Gasteiger partial charge >= 0.3 is 0 Å². The smallest absolute Gasteiger partial charge is 0.277 e. The second-order valence-electron chi connectivity index (χ2n) is 5.74. The summed E-state index contributed by atoms with van der Waals surface area (Å²) >= 11 is 4.62. The highest BCUT2D eigenvalue weighted by molar-refractivity contribution is 9.10. The van der Waals surface area contributed by atoms with Crippen LogP contribution >= 0.6 is 27.7 Å². The number of hydrogen-bond donors (Lipinski definition) is 0. The van der Waals surface area contributed by atoms with Crippen LogP contribution in [-0.2, 0) is 11.3 Å². The maximum atomic E-state index is 12.4. The fourth-order valence-electron chi connectivity index (χ4n) is 2.38. The van der Waals surface area contributed by atoms with Crippen LogP contribution in [0.15, 0.2) is 62.6 Å². The van der Waals surface area contributed by atoms with E-state index >= 15 is 0 Å². The van der Waals surface area contributed by atoms with Crippen molar-refractivity contribution >= 4 is 33.6 Å². The fourth-order valence-corrected chi connectivity index (χ4v) is 3.35. The van der Waals surface area contributed by atoms with Crippen LogP contribution in [0.4, 0.5) is 0 Å². The predicted molar refractivity (Wildman–Crippen MR) is 108 cm³/mol. The highest BCUT2D eigenvalue weighted by Crippen LogP contribution is 2.30. The summed E-state index contributed by atoms with van der Waals surface area (Å²) in [5.41, 5.74) is 1.79. The fraction of sp³-hybridized carbons (Fsp3) is 0.211. The first-order valence-corrected chi connectivity index (χ1v) is 9.93. The van der Waals surface area contributed by atoms with Crippen molar-refractivity contribution < 1.29 is 13.9 Å². The van der Waals surface area contributed by atoms with E-state index < -0.39 is 0 Å². The third kappa shape index (κ3) is 5.11. The van der Waals surface area contributed by atoms with Gasteiger partial charge in [-0.2, -0.15) is 0 Å². The van der Waals surface area contributed by atoms with Gasteiger partial charge in [0.05, 0.1) is 18.4 Å². The number of thioether (sulfide) groups is 1. The van der Waals surface area contributed by atoms with Crippen molar-refractivity contribution in [3.63, 3.8) is 0 Å². The number of para-hydroxylation sites is 1. The topological polar surface area (TPSA) is 68.5 Å². The zero-order valence-corrected chi connectivity index (χ0v) is 17.3. The maximum absolute atomic E-state index is 12.4. The van der Waals surface area contributed by atoms with Crippen LogP contribution in [0.3, 0.4) is 0 Å². The van der Waals surface area contributed by atoms with Gasteiger partial charge in [-0.1, -0.05) is 52.0 Å². The van der Waals surface area contributed by atoms with Gasteiger partial charge in [0.15, 0.2) is 0 Å². The Morgan fingerprint density at radius 3 is 2.67 bits per heavy atom. The van der Waals surface area contributed by atoms with Gasteiger partial charge in [0.2, 0.25) is 5.91 Å². The number of ether oxygens (including phenoxy) is 1. The van der Waals surface area contributed by atoms with E-state index in [1.54, 1.807) is 19.1 Å². The van der Waals surface area contributed by atoms with E-state index in [0.717, 1.165) is 15.6 Å². The number of carbonyl (C=O) groups is 1. The Balaban J connectivity index is 1.57. The third-order valence-corrected chi connectivity index (χ3v) is 5.15. The van der Waals surface area contributed by atoms with Gasteiger partial charge in [-0.3, -0.25) is 4.79 Å². The minimum Gasteiger partial charge on any atom is -0.496 e. The summed E-state index contributed by atoms with van der Waals surface area (Å²) < 4.78 is 12.0. The summed E-state index contributed by atoms with van der Waals surface area (Å²) in [6.45, 7) is 0.545. The summed E-state index contributed by atoms with van der Waals surface area (Å²) in [4.78, 5) is 14.0. The lowest BCUT2D eigenvalue weighted by Gasteiger charge is -2.16. The minimum absolute atomic E-state index is 0.0139. The molecule has 1 amide bonds. The zero-order valence-electron chi connectivity index (χ0n) is 14.9.